The van der Waals surface area contributed by atoms with Crippen molar-refractivity contribution in [3.05, 3.63) is 72.9 Å². The van der Waals surface area contributed by atoms with Gasteiger partial charge in [0.25, 0.3) is 0 Å². The van der Waals surface area contributed by atoms with Crippen molar-refractivity contribution in [2.24, 2.45) is 0 Å². The minimum Gasteiger partial charge on any atom is -0.462 e. The highest BCUT2D eigenvalue weighted by Crippen LogP contribution is 2.16. The van der Waals surface area contributed by atoms with Crippen LogP contribution < -0.4 is 0 Å². The molecule has 0 N–H and O–H groups in total. The van der Waals surface area contributed by atoms with Crippen molar-refractivity contribution < 1.29 is 23.8 Å². The van der Waals surface area contributed by atoms with Crippen LogP contribution in [0.1, 0.15) is 290 Å². The molecule has 394 valence electrons. The smallest absolute Gasteiger partial charge is 0.306 e. The van der Waals surface area contributed by atoms with Gasteiger partial charge in [-0.05, 0) is 89.9 Å². The summed E-state index contributed by atoms with van der Waals surface area (Å²) in [6, 6.07) is 0. The summed E-state index contributed by atoms with van der Waals surface area (Å²) in [5.41, 5.74) is 0. The van der Waals surface area contributed by atoms with Crippen molar-refractivity contribution in [2.45, 2.75) is 297 Å². The van der Waals surface area contributed by atoms with Gasteiger partial charge in [-0.25, -0.2) is 0 Å². The Balaban J connectivity index is 4.26. The molecule has 0 radical (unpaired) electrons. The lowest BCUT2D eigenvalue weighted by Crippen LogP contribution is -2.30. The molecule has 1 unspecified atom stereocenters. The summed E-state index contributed by atoms with van der Waals surface area (Å²) in [7, 11) is 0. The van der Waals surface area contributed by atoms with Gasteiger partial charge >= 0.3 is 11.9 Å². The standard InChI is InChI=1S/C63H112O5/c1-4-7-10-13-16-19-22-25-27-29-31-33-35-37-40-43-46-49-52-55-58-66-59-61(68-63(65)57-54-51-48-45-42-38-24-21-18-15-12-9-6-3)60-67-62(64)56-53-50-47-44-41-39-36-34-32-30-28-26-23-20-17-14-11-8-5-2/h9,12,17-18,20-21,26,28,32,34,38,42,61H,4-8,10-11,13-16,19,22-25,27,29-31,33,35-37,39-41,43-60H2,1-3H3/b12-9-,20-17-,21-18-,28-26-,34-32-,42-38-. The Morgan fingerprint density at radius 3 is 1.10 bits per heavy atom. The van der Waals surface area contributed by atoms with Gasteiger partial charge in [-0.3, -0.25) is 9.59 Å². The van der Waals surface area contributed by atoms with Crippen molar-refractivity contribution in [1.82, 2.24) is 0 Å². The van der Waals surface area contributed by atoms with Gasteiger partial charge in [0, 0.05) is 19.4 Å². The Hall–Kier alpha value is -2.66. The first-order chi connectivity index (χ1) is 33.6. The predicted octanol–water partition coefficient (Wildman–Crippen LogP) is 20.2. The predicted molar refractivity (Wildman–Crippen MR) is 297 cm³/mol. The molecule has 0 spiro atoms. The first kappa shape index (κ1) is 65.3. The van der Waals surface area contributed by atoms with E-state index in [0.29, 0.717) is 19.4 Å². The lowest BCUT2D eigenvalue weighted by atomic mass is 10.0. The van der Waals surface area contributed by atoms with E-state index >= 15 is 0 Å². The molecule has 68 heavy (non-hydrogen) atoms. The van der Waals surface area contributed by atoms with E-state index in [4.69, 9.17) is 14.2 Å². The third-order valence-electron chi connectivity index (χ3n) is 12.7. The Bertz CT molecular complexity index is 1210. The zero-order valence-corrected chi connectivity index (χ0v) is 45.4. The molecule has 5 nitrogen and oxygen atoms in total. The number of unbranched alkanes of at least 4 members (excludes halogenated alkanes) is 31. The van der Waals surface area contributed by atoms with Crippen LogP contribution >= 0.6 is 0 Å². The molecule has 0 fully saturated rings. The maximum atomic E-state index is 12.8. The van der Waals surface area contributed by atoms with Gasteiger partial charge in [0.1, 0.15) is 6.61 Å². The van der Waals surface area contributed by atoms with E-state index in [2.05, 4.69) is 93.7 Å². The van der Waals surface area contributed by atoms with Crippen LogP contribution in [0.2, 0.25) is 0 Å². The van der Waals surface area contributed by atoms with E-state index in [-0.39, 0.29) is 25.2 Å². The van der Waals surface area contributed by atoms with E-state index in [1.807, 2.05) is 0 Å². The number of esters is 2. The second-order valence-corrected chi connectivity index (χ2v) is 19.5. The fraction of sp³-hybridized carbons (Fsp3) is 0.778. The molecule has 0 aliphatic rings. The molecule has 0 aromatic heterocycles. The maximum Gasteiger partial charge on any atom is 0.306 e. The van der Waals surface area contributed by atoms with Crippen LogP contribution in [-0.4, -0.2) is 37.9 Å². The highest BCUT2D eigenvalue weighted by atomic mass is 16.6. The summed E-state index contributed by atoms with van der Waals surface area (Å²) in [6.45, 7) is 7.68. The van der Waals surface area contributed by atoms with E-state index in [0.717, 1.165) is 96.3 Å². The van der Waals surface area contributed by atoms with Gasteiger partial charge in [-0.2, -0.15) is 0 Å². The van der Waals surface area contributed by atoms with Crippen LogP contribution in [0.4, 0.5) is 0 Å². The van der Waals surface area contributed by atoms with E-state index in [1.165, 1.54) is 161 Å². The Morgan fingerprint density at radius 2 is 0.662 bits per heavy atom. The molecule has 0 saturated heterocycles. The van der Waals surface area contributed by atoms with Crippen molar-refractivity contribution in [2.75, 3.05) is 19.8 Å². The molecule has 0 rings (SSSR count). The number of hydrogen-bond donors (Lipinski definition) is 0. The summed E-state index contributed by atoms with van der Waals surface area (Å²) >= 11 is 0. The lowest BCUT2D eigenvalue weighted by Gasteiger charge is -2.18. The van der Waals surface area contributed by atoms with Gasteiger partial charge in [0.15, 0.2) is 6.10 Å². The molecule has 0 saturated carbocycles. The topological polar surface area (TPSA) is 61.8 Å². The van der Waals surface area contributed by atoms with Crippen LogP contribution in [0.5, 0.6) is 0 Å². The molecule has 0 aliphatic heterocycles. The molecular formula is C63H112O5. The summed E-state index contributed by atoms with van der Waals surface area (Å²) < 4.78 is 17.5. The fourth-order valence-electron chi connectivity index (χ4n) is 8.36. The number of carbonyl (C=O) groups is 2. The second kappa shape index (κ2) is 58.7. The Labute approximate surface area is 423 Å². The molecule has 0 bridgehead atoms. The largest absolute Gasteiger partial charge is 0.462 e. The third-order valence-corrected chi connectivity index (χ3v) is 12.7. The molecule has 0 aromatic rings. The zero-order chi connectivity index (χ0) is 49.2. The van der Waals surface area contributed by atoms with E-state index < -0.39 is 6.10 Å². The molecule has 0 heterocycles. The lowest BCUT2D eigenvalue weighted by molar-refractivity contribution is -0.163. The van der Waals surface area contributed by atoms with Crippen LogP contribution in [-0.2, 0) is 23.8 Å². The van der Waals surface area contributed by atoms with Gasteiger partial charge in [-0.15, -0.1) is 0 Å². The van der Waals surface area contributed by atoms with Crippen molar-refractivity contribution in [1.29, 1.82) is 0 Å². The first-order valence-electron chi connectivity index (χ1n) is 29.5. The van der Waals surface area contributed by atoms with Crippen LogP contribution in [0.15, 0.2) is 72.9 Å². The molecule has 0 aromatic carbocycles. The highest BCUT2D eigenvalue weighted by Gasteiger charge is 2.17. The summed E-state index contributed by atoms with van der Waals surface area (Å²) in [4.78, 5) is 25.5. The van der Waals surface area contributed by atoms with E-state index in [1.54, 1.807) is 0 Å². The number of hydrogen-bond acceptors (Lipinski definition) is 5. The Morgan fingerprint density at radius 1 is 0.338 bits per heavy atom. The first-order valence-corrected chi connectivity index (χ1v) is 29.5. The SMILES string of the molecule is CC/C=C\C/C=C\C/C=C\CCCCCC(=O)OC(COCCCCCCCCCCCCCCCCCCCCCC)COC(=O)CCCCCCCC/C=C\C/C=C\C/C=C\CCCCC. The monoisotopic (exact) mass is 949 g/mol. The average Bonchev–Trinajstić information content (AvgIpc) is 3.34. The van der Waals surface area contributed by atoms with Crippen LogP contribution in [0.3, 0.4) is 0 Å². The van der Waals surface area contributed by atoms with Crippen LogP contribution in [0.25, 0.3) is 0 Å². The molecule has 1 atom stereocenters. The van der Waals surface area contributed by atoms with Gasteiger partial charge < -0.3 is 14.2 Å². The summed E-state index contributed by atoms with van der Waals surface area (Å²) in [6.07, 6.45) is 76.5. The molecular weight excluding hydrogens is 837 g/mol. The van der Waals surface area contributed by atoms with Crippen molar-refractivity contribution in [3.63, 3.8) is 0 Å². The van der Waals surface area contributed by atoms with E-state index in [9.17, 15) is 9.59 Å². The van der Waals surface area contributed by atoms with Crippen molar-refractivity contribution >= 4 is 11.9 Å². The quantitative estimate of drug-likeness (QED) is 0.0345. The molecule has 5 heteroatoms. The summed E-state index contributed by atoms with van der Waals surface area (Å²) in [5, 5.41) is 0. The fourth-order valence-corrected chi connectivity index (χ4v) is 8.36. The van der Waals surface area contributed by atoms with Crippen molar-refractivity contribution in [3.8, 4) is 0 Å². The maximum absolute atomic E-state index is 12.8. The summed E-state index contributed by atoms with van der Waals surface area (Å²) in [5.74, 6) is -0.436. The van der Waals surface area contributed by atoms with Gasteiger partial charge in [0.2, 0.25) is 0 Å². The normalized spacial score (nSPS) is 12.7. The number of carbonyl (C=O) groups excluding carboxylic acids is 2. The van der Waals surface area contributed by atoms with Gasteiger partial charge in [-0.1, -0.05) is 261 Å². The number of allylic oxidation sites excluding steroid dienone is 12. The minimum atomic E-state index is -0.558. The Kier molecular flexibility index (Phi) is 56.4. The minimum absolute atomic E-state index is 0.0669. The number of ether oxygens (including phenoxy) is 3. The zero-order valence-electron chi connectivity index (χ0n) is 45.4. The third kappa shape index (κ3) is 55.9. The average molecular weight is 950 g/mol. The molecule has 0 amide bonds. The van der Waals surface area contributed by atoms with Gasteiger partial charge in [0.05, 0.1) is 6.61 Å². The van der Waals surface area contributed by atoms with Crippen LogP contribution in [0, 0.1) is 0 Å². The highest BCUT2D eigenvalue weighted by molar-refractivity contribution is 5.70. The second-order valence-electron chi connectivity index (χ2n) is 19.5. The number of rotatable bonds is 54. The molecule has 0 aliphatic carbocycles.